The smallest absolute Gasteiger partial charge is 0.368 e. The highest BCUT2D eigenvalue weighted by molar-refractivity contribution is 9.10. The summed E-state index contributed by atoms with van der Waals surface area (Å²) in [5.74, 6) is -0.163. The van der Waals surface area contributed by atoms with Crippen molar-refractivity contribution in [1.82, 2.24) is 0 Å². The molecule has 2 aromatic rings. The lowest BCUT2D eigenvalue weighted by Gasteiger charge is -2.09. The van der Waals surface area contributed by atoms with E-state index < -0.39 is 5.97 Å². The number of hydrogen-bond acceptors (Lipinski definition) is 5. The van der Waals surface area contributed by atoms with E-state index in [1.165, 1.54) is 0 Å². The second-order valence-electron chi connectivity index (χ2n) is 5.03. The highest BCUT2D eigenvalue weighted by Crippen LogP contribution is 2.36. The van der Waals surface area contributed by atoms with Crippen molar-refractivity contribution in [3.63, 3.8) is 0 Å². The zero-order valence-corrected chi connectivity index (χ0v) is 14.4. The molecule has 5 nitrogen and oxygen atoms in total. The summed E-state index contributed by atoms with van der Waals surface area (Å²) in [6.07, 6.45) is 1.66. The van der Waals surface area contributed by atoms with E-state index in [2.05, 4.69) is 21.1 Å². The van der Waals surface area contributed by atoms with Crippen LogP contribution < -0.4 is 4.74 Å². The van der Waals surface area contributed by atoms with E-state index in [1.807, 2.05) is 37.3 Å². The standard InChI is InChI=1S/C18H14BrNO4/c1-2-23-15-10-11(9-14(19)17(15)21)8-13-16(20-24-18(13)22)12-6-4-3-5-7-12/h3-10,21H,2H2,1H3/b13-8-. The van der Waals surface area contributed by atoms with Crippen molar-refractivity contribution in [2.75, 3.05) is 6.61 Å². The van der Waals surface area contributed by atoms with Crippen LogP contribution in [0.5, 0.6) is 11.5 Å². The Hall–Kier alpha value is -2.60. The van der Waals surface area contributed by atoms with Gasteiger partial charge in [0.05, 0.1) is 16.7 Å². The predicted molar refractivity (Wildman–Crippen MR) is 94.0 cm³/mol. The molecule has 122 valence electrons. The maximum Gasteiger partial charge on any atom is 0.368 e. The van der Waals surface area contributed by atoms with E-state index >= 15 is 0 Å². The van der Waals surface area contributed by atoms with Gasteiger partial charge in [-0.2, -0.15) is 0 Å². The van der Waals surface area contributed by atoms with Crippen LogP contribution in [0.15, 0.2) is 57.7 Å². The molecule has 0 radical (unpaired) electrons. The van der Waals surface area contributed by atoms with E-state index in [0.29, 0.717) is 33.7 Å². The SMILES string of the molecule is CCOc1cc(/C=C2\C(=O)ON=C2c2ccccc2)cc(Br)c1O. The summed E-state index contributed by atoms with van der Waals surface area (Å²) in [5, 5.41) is 13.9. The number of aromatic hydroxyl groups is 1. The molecule has 0 bridgehead atoms. The number of nitrogens with zero attached hydrogens (tertiary/aromatic N) is 1. The van der Waals surface area contributed by atoms with E-state index in [4.69, 9.17) is 9.57 Å². The minimum atomic E-state index is -0.518. The topological polar surface area (TPSA) is 68.1 Å². The summed E-state index contributed by atoms with van der Waals surface area (Å²) in [7, 11) is 0. The van der Waals surface area contributed by atoms with Crippen LogP contribution in [0.25, 0.3) is 6.08 Å². The van der Waals surface area contributed by atoms with Crippen LogP contribution in [-0.4, -0.2) is 23.4 Å². The molecule has 0 saturated carbocycles. The van der Waals surface area contributed by atoms with Crippen molar-refractivity contribution >= 4 is 33.7 Å². The lowest BCUT2D eigenvalue weighted by Crippen LogP contribution is -2.06. The Balaban J connectivity index is 2.03. The first kappa shape index (κ1) is 16.3. The van der Waals surface area contributed by atoms with Gasteiger partial charge in [0.15, 0.2) is 11.5 Å². The first-order valence-corrected chi connectivity index (χ1v) is 8.11. The van der Waals surface area contributed by atoms with Gasteiger partial charge >= 0.3 is 5.97 Å². The Morgan fingerprint density at radius 2 is 2.04 bits per heavy atom. The fourth-order valence-electron chi connectivity index (χ4n) is 2.32. The zero-order valence-electron chi connectivity index (χ0n) is 12.8. The van der Waals surface area contributed by atoms with Gasteiger partial charge in [0.25, 0.3) is 0 Å². The fraction of sp³-hybridized carbons (Fsp3) is 0.111. The van der Waals surface area contributed by atoms with Crippen LogP contribution in [0.2, 0.25) is 0 Å². The summed E-state index contributed by atoms with van der Waals surface area (Å²) in [4.78, 5) is 16.9. The number of carbonyl (C=O) groups excluding carboxylic acids is 1. The Labute approximate surface area is 147 Å². The number of benzene rings is 2. The molecule has 0 amide bonds. The molecule has 0 unspecified atom stereocenters. The molecule has 1 aliphatic heterocycles. The second kappa shape index (κ2) is 6.88. The summed E-state index contributed by atoms with van der Waals surface area (Å²) in [6.45, 7) is 2.24. The number of carbonyl (C=O) groups is 1. The van der Waals surface area contributed by atoms with Crippen LogP contribution in [0.4, 0.5) is 0 Å². The number of ether oxygens (including phenoxy) is 1. The number of phenolic OH excluding ortho intramolecular Hbond substituents is 1. The van der Waals surface area contributed by atoms with Gasteiger partial charge in [-0.05, 0) is 46.6 Å². The number of phenols is 1. The van der Waals surface area contributed by atoms with E-state index in [9.17, 15) is 9.90 Å². The van der Waals surface area contributed by atoms with Crippen LogP contribution >= 0.6 is 15.9 Å². The predicted octanol–water partition coefficient (Wildman–Crippen LogP) is 3.90. The van der Waals surface area contributed by atoms with Gasteiger partial charge in [0.1, 0.15) is 5.71 Å². The number of hydrogen-bond donors (Lipinski definition) is 1. The Kier molecular flexibility index (Phi) is 4.66. The lowest BCUT2D eigenvalue weighted by atomic mass is 10.0. The first-order valence-electron chi connectivity index (χ1n) is 7.32. The molecule has 1 aliphatic rings. The monoisotopic (exact) mass is 387 g/mol. The lowest BCUT2D eigenvalue weighted by molar-refractivity contribution is -0.136. The van der Waals surface area contributed by atoms with Crippen LogP contribution in [0.3, 0.4) is 0 Å². The maximum absolute atomic E-state index is 12.0. The molecule has 6 heteroatoms. The van der Waals surface area contributed by atoms with Gasteiger partial charge in [0.2, 0.25) is 0 Å². The first-order chi connectivity index (χ1) is 11.6. The van der Waals surface area contributed by atoms with Gasteiger partial charge in [-0.25, -0.2) is 4.79 Å². The van der Waals surface area contributed by atoms with Gasteiger partial charge in [0, 0.05) is 5.56 Å². The third-order valence-electron chi connectivity index (χ3n) is 3.40. The third kappa shape index (κ3) is 3.19. The molecule has 24 heavy (non-hydrogen) atoms. The third-order valence-corrected chi connectivity index (χ3v) is 4.01. The molecule has 2 aromatic carbocycles. The van der Waals surface area contributed by atoms with Crippen molar-refractivity contribution in [3.05, 3.63) is 63.6 Å². The molecular formula is C18H14BrNO4. The summed E-state index contributed by atoms with van der Waals surface area (Å²) < 4.78 is 5.88. The molecule has 0 spiro atoms. The number of rotatable bonds is 4. The molecule has 0 aromatic heterocycles. The fourth-order valence-corrected chi connectivity index (χ4v) is 2.78. The summed E-state index contributed by atoms with van der Waals surface area (Å²) in [5.41, 5.74) is 2.29. The van der Waals surface area contributed by atoms with Crippen molar-refractivity contribution in [2.45, 2.75) is 6.92 Å². The van der Waals surface area contributed by atoms with Crippen LogP contribution in [-0.2, 0) is 9.63 Å². The Morgan fingerprint density at radius 3 is 2.75 bits per heavy atom. The molecule has 0 atom stereocenters. The summed E-state index contributed by atoms with van der Waals surface area (Å²) >= 11 is 3.29. The highest BCUT2D eigenvalue weighted by Gasteiger charge is 2.26. The molecule has 1 heterocycles. The molecular weight excluding hydrogens is 374 g/mol. The maximum atomic E-state index is 12.0. The second-order valence-corrected chi connectivity index (χ2v) is 5.88. The van der Waals surface area contributed by atoms with Crippen molar-refractivity contribution in [2.24, 2.45) is 5.16 Å². The molecule has 0 fully saturated rings. The summed E-state index contributed by atoms with van der Waals surface area (Å²) in [6, 6.07) is 12.7. The minimum Gasteiger partial charge on any atom is -0.503 e. The largest absolute Gasteiger partial charge is 0.503 e. The minimum absolute atomic E-state index is 0.0185. The molecule has 0 aliphatic carbocycles. The molecule has 3 rings (SSSR count). The normalized spacial score (nSPS) is 15.3. The van der Waals surface area contributed by atoms with Gasteiger partial charge in [-0.3, -0.25) is 0 Å². The molecule has 1 N–H and O–H groups in total. The Morgan fingerprint density at radius 1 is 1.29 bits per heavy atom. The highest BCUT2D eigenvalue weighted by atomic mass is 79.9. The van der Waals surface area contributed by atoms with E-state index in [0.717, 1.165) is 5.56 Å². The van der Waals surface area contributed by atoms with E-state index in [-0.39, 0.29) is 5.75 Å². The average molecular weight is 388 g/mol. The average Bonchev–Trinajstić information content (AvgIpc) is 2.94. The van der Waals surface area contributed by atoms with Crippen LogP contribution in [0.1, 0.15) is 18.1 Å². The van der Waals surface area contributed by atoms with Crippen LogP contribution in [0, 0.1) is 0 Å². The van der Waals surface area contributed by atoms with Gasteiger partial charge in [-0.1, -0.05) is 35.5 Å². The number of oxime groups is 1. The van der Waals surface area contributed by atoms with Crippen molar-refractivity contribution in [1.29, 1.82) is 0 Å². The molecule has 0 saturated heterocycles. The van der Waals surface area contributed by atoms with E-state index in [1.54, 1.807) is 18.2 Å². The Bertz CT molecular complexity index is 844. The number of halogens is 1. The van der Waals surface area contributed by atoms with Gasteiger partial charge in [-0.15, -0.1) is 0 Å². The van der Waals surface area contributed by atoms with Crippen molar-refractivity contribution < 1.29 is 19.5 Å². The zero-order chi connectivity index (χ0) is 17.1. The quantitative estimate of drug-likeness (QED) is 0.637. The van der Waals surface area contributed by atoms with Gasteiger partial charge < -0.3 is 14.7 Å². The van der Waals surface area contributed by atoms with Crippen molar-refractivity contribution in [3.8, 4) is 11.5 Å².